The van der Waals surface area contributed by atoms with Crippen molar-refractivity contribution in [3.05, 3.63) is 76.5 Å². The zero-order valence-corrected chi connectivity index (χ0v) is 17.0. The minimum atomic E-state index is -0.394. The van der Waals surface area contributed by atoms with E-state index in [1.54, 1.807) is 24.3 Å². The van der Waals surface area contributed by atoms with Crippen molar-refractivity contribution in [1.82, 2.24) is 20.0 Å². The summed E-state index contributed by atoms with van der Waals surface area (Å²) in [5.41, 5.74) is 9.46. The SMILES string of the molecule is N#Cc1cnc2c(Cl)cc(NC(c3ccc(F)cc3)c3cn(C4CC4)nn3)cc2c1N. The molecule has 0 spiro atoms. The lowest BCUT2D eigenvalue weighted by Crippen LogP contribution is -2.13. The van der Waals surface area contributed by atoms with Crippen LogP contribution in [0.5, 0.6) is 0 Å². The molecule has 0 amide bonds. The van der Waals surface area contributed by atoms with Gasteiger partial charge < -0.3 is 11.1 Å². The molecule has 0 saturated heterocycles. The van der Waals surface area contributed by atoms with E-state index < -0.39 is 6.04 Å². The average molecular weight is 434 g/mol. The van der Waals surface area contributed by atoms with Gasteiger partial charge in [-0.05, 0) is 42.7 Å². The standard InChI is InChI=1S/C22H17ClFN7/c23-18-8-15(7-17-20(26)13(9-25)10-27-22(17)18)28-21(12-1-3-14(24)4-2-12)19-11-31(30-29-19)16-5-6-16/h1-4,7-8,10-11,16,21,28H,5-6H2,(H2,26,27). The summed E-state index contributed by atoms with van der Waals surface area (Å²) >= 11 is 6.46. The molecular weight excluding hydrogens is 417 g/mol. The molecule has 1 saturated carbocycles. The molecule has 1 unspecified atom stereocenters. The first-order valence-corrected chi connectivity index (χ1v) is 10.1. The first-order chi connectivity index (χ1) is 15.0. The van der Waals surface area contributed by atoms with Crippen LogP contribution in [0.4, 0.5) is 15.8 Å². The molecule has 0 bridgehead atoms. The van der Waals surface area contributed by atoms with Crippen LogP contribution in [0.3, 0.4) is 0 Å². The summed E-state index contributed by atoms with van der Waals surface area (Å²) < 4.78 is 15.4. The maximum Gasteiger partial charge on any atom is 0.123 e. The summed E-state index contributed by atoms with van der Waals surface area (Å²) in [4.78, 5) is 4.26. The summed E-state index contributed by atoms with van der Waals surface area (Å²) in [7, 11) is 0. The van der Waals surface area contributed by atoms with Crippen LogP contribution in [0.2, 0.25) is 5.02 Å². The Hall–Kier alpha value is -3.70. The summed E-state index contributed by atoms with van der Waals surface area (Å²) in [6.45, 7) is 0. The van der Waals surface area contributed by atoms with Gasteiger partial charge in [0.05, 0.1) is 40.1 Å². The summed E-state index contributed by atoms with van der Waals surface area (Å²) in [6.07, 6.45) is 5.50. The van der Waals surface area contributed by atoms with Crippen LogP contribution in [0, 0.1) is 17.1 Å². The number of pyridine rings is 1. The number of anilines is 2. The number of rotatable bonds is 5. The monoisotopic (exact) mass is 433 g/mol. The van der Waals surface area contributed by atoms with Gasteiger partial charge in [0.1, 0.15) is 17.6 Å². The number of nitrogens with two attached hydrogens (primary N) is 1. The van der Waals surface area contributed by atoms with Crippen molar-refractivity contribution < 1.29 is 4.39 Å². The molecule has 1 aliphatic rings. The molecule has 7 nitrogen and oxygen atoms in total. The number of aromatic nitrogens is 4. The predicted molar refractivity (Wildman–Crippen MR) is 116 cm³/mol. The Bertz CT molecular complexity index is 1320. The fourth-order valence-electron chi connectivity index (χ4n) is 3.54. The quantitative estimate of drug-likeness (QED) is 0.476. The minimum absolute atomic E-state index is 0.281. The first-order valence-electron chi connectivity index (χ1n) is 9.75. The number of benzene rings is 2. The molecule has 31 heavy (non-hydrogen) atoms. The van der Waals surface area contributed by atoms with Crippen LogP contribution in [-0.4, -0.2) is 20.0 Å². The number of hydrogen-bond acceptors (Lipinski definition) is 6. The number of fused-ring (bicyclic) bond motifs is 1. The largest absolute Gasteiger partial charge is 0.397 e. The normalized spacial score (nSPS) is 14.4. The first kappa shape index (κ1) is 19.3. The second kappa shape index (κ2) is 7.52. The predicted octanol–water partition coefficient (Wildman–Crippen LogP) is 4.61. The van der Waals surface area contributed by atoms with Crippen molar-refractivity contribution in [3.8, 4) is 6.07 Å². The third kappa shape index (κ3) is 3.64. The average Bonchev–Trinajstić information content (AvgIpc) is 3.51. The van der Waals surface area contributed by atoms with Crippen molar-refractivity contribution in [3.63, 3.8) is 0 Å². The van der Waals surface area contributed by atoms with E-state index in [2.05, 4.69) is 20.6 Å². The van der Waals surface area contributed by atoms with Gasteiger partial charge >= 0.3 is 0 Å². The number of halogens is 2. The summed E-state index contributed by atoms with van der Waals surface area (Å²) in [6, 6.07) is 11.8. The molecule has 1 atom stereocenters. The number of nitrogens with zero attached hydrogens (tertiary/aromatic N) is 5. The number of hydrogen-bond donors (Lipinski definition) is 2. The number of nitriles is 1. The van der Waals surface area contributed by atoms with E-state index in [0.29, 0.717) is 39.0 Å². The lowest BCUT2D eigenvalue weighted by molar-refractivity contribution is 0.610. The van der Waals surface area contributed by atoms with E-state index in [-0.39, 0.29) is 11.4 Å². The van der Waals surface area contributed by atoms with Crippen molar-refractivity contribution in [2.75, 3.05) is 11.1 Å². The highest BCUT2D eigenvalue weighted by molar-refractivity contribution is 6.35. The minimum Gasteiger partial charge on any atom is -0.397 e. The van der Waals surface area contributed by atoms with Gasteiger partial charge in [-0.15, -0.1) is 5.10 Å². The molecule has 3 N–H and O–H groups in total. The van der Waals surface area contributed by atoms with Gasteiger partial charge in [0, 0.05) is 17.3 Å². The second-order valence-electron chi connectivity index (χ2n) is 7.54. The molecule has 5 rings (SSSR count). The van der Waals surface area contributed by atoms with Crippen LogP contribution in [0.1, 0.15) is 41.7 Å². The van der Waals surface area contributed by atoms with Crippen molar-refractivity contribution in [2.45, 2.75) is 24.9 Å². The van der Waals surface area contributed by atoms with Gasteiger partial charge in [0.2, 0.25) is 0 Å². The molecule has 2 aromatic heterocycles. The van der Waals surface area contributed by atoms with Crippen molar-refractivity contribution in [2.24, 2.45) is 0 Å². The third-order valence-corrected chi connectivity index (χ3v) is 5.63. The molecule has 0 aliphatic heterocycles. The highest BCUT2D eigenvalue weighted by Crippen LogP contribution is 2.36. The van der Waals surface area contributed by atoms with Crippen LogP contribution in [0.15, 0.2) is 48.8 Å². The highest BCUT2D eigenvalue weighted by Gasteiger charge is 2.27. The Morgan fingerprint density at radius 1 is 1.26 bits per heavy atom. The van der Waals surface area contributed by atoms with E-state index in [9.17, 15) is 9.65 Å². The lowest BCUT2D eigenvalue weighted by Gasteiger charge is -2.19. The molecule has 4 aromatic rings. The third-order valence-electron chi connectivity index (χ3n) is 5.35. The Morgan fingerprint density at radius 3 is 2.74 bits per heavy atom. The fourth-order valence-corrected chi connectivity index (χ4v) is 3.81. The van der Waals surface area contributed by atoms with Crippen molar-refractivity contribution >= 4 is 33.9 Å². The summed E-state index contributed by atoms with van der Waals surface area (Å²) in [5, 5.41) is 22.3. The van der Waals surface area contributed by atoms with Crippen molar-refractivity contribution in [1.29, 1.82) is 5.26 Å². The van der Waals surface area contributed by atoms with Gasteiger partial charge in [-0.2, -0.15) is 5.26 Å². The van der Waals surface area contributed by atoms with Gasteiger partial charge in [0.25, 0.3) is 0 Å². The number of nitrogens with one attached hydrogen (secondary N) is 1. The van der Waals surface area contributed by atoms with Gasteiger partial charge in [-0.25, -0.2) is 9.07 Å². The Balaban J connectivity index is 1.58. The zero-order chi connectivity index (χ0) is 21.5. The molecule has 0 radical (unpaired) electrons. The Labute approximate surface area is 182 Å². The Kier molecular flexibility index (Phi) is 4.68. The fraction of sp³-hybridized carbons (Fsp3) is 0.182. The highest BCUT2D eigenvalue weighted by atomic mass is 35.5. The maximum atomic E-state index is 13.5. The van der Waals surface area contributed by atoms with Crippen LogP contribution < -0.4 is 11.1 Å². The molecule has 2 heterocycles. The van der Waals surface area contributed by atoms with Gasteiger partial charge in [-0.1, -0.05) is 28.9 Å². The topological polar surface area (TPSA) is 105 Å². The maximum absolute atomic E-state index is 13.5. The molecular formula is C22H17ClFN7. The zero-order valence-electron chi connectivity index (χ0n) is 16.3. The smallest absolute Gasteiger partial charge is 0.123 e. The molecule has 154 valence electrons. The summed E-state index contributed by atoms with van der Waals surface area (Å²) in [5.74, 6) is -0.319. The van der Waals surface area contributed by atoms with E-state index in [0.717, 1.165) is 18.4 Å². The van der Waals surface area contributed by atoms with E-state index >= 15 is 0 Å². The molecule has 2 aromatic carbocycles. The van der Waals surface area contributed by atoms with E-state index in [4.69, 9.17) is 17.3 Å². The van der Waals surface area contributed by atoms with Gasteiger partial charge in [0.15, 0.2) is 0 Å². The molecule has 1 aliphatic carbocycles. The Morgan fingerprint density at radius 2 is 2.03 bits per heavy atom. The number of nitrogen functional groups attached to an aromatic ring is 1. The second-order valence-corrected chi connectivity index (χ2v) is 7.94. The van der Waals surface area contributed by atoms with E-state index in [1.807, 2.05) is 16.9 Å². The van der Waals surface area contributed by atoms with Crippen LogP contribution in [0.25, 0.3) is 10.9 Å². The van der Waals surface area contributed by atoms with E-state index in [1.165, 1.54) is 18.3 Å². The molecule has 9 heteroatoms. The van der Waals surface area contributed by atoms with Gasteiger partial charge in [-0.3, -0.25) is 4.98 Å². The van der Waals surface area contributed by atoms with Crippen LogP contribution >= 0.6 is 11.6 Å². The molecule has 1 fully saturated rings. The lowest BCUT2D eigenvalue weighted by atomic mass is 10.0. The van der Waals surface area contributed by atoms with Crippen LogP contribution in [-0.2, 0) is 0 Å².